The third-order valence-corrected chi connectivity index (χ3v) is 2.70. The molecule has 0 aliphatic heterocycles. The molecule has 0 bridgehead atoms. The normalized spacial score (nSPS) is 10.1. The van der Waals surface area contributed by atoms with Gasteiger partial charge < -0.3 is 9.15 Å². The van der Waals surface area contributed by atoms with E-state index >= 15 is 0 Å². The molecule has 0 saturated heterocycles. The molecule has 0 radical (unpaired) electrons. The minimum atomic E-state index is 0.508. The van der Waals surface area contributed by atoms with Gasteiger partial charge in [0.2, 0.25) is 12.3 Å². The maximum Gasteiger partial charge on any atom is 0.248 e. The highest BCUT2D eigenvalue weighted by molar-refractivity contribution is 14.1. The van der Waals surface area contributed by atoms with Crippen molar-refractivity contribution in [1.29, 1.82) is 0 Å². The van der Waals surface area contributed by atoms with Crippen molar-refractivity contribution in [2.24, 2.45) is 0 Å². The summed E-state index contributed by atoms with van der Waals surface area (Å²) in [6, 6.07) is 5.70. The molecule has 2 aromatic rings. The summed E-state index contributed by atoms with van der Waals surface area (Å²) >= 11 is 2.21. The maximum atomic E-state index is 5.12. The highest BCUT2D eigenvalue weighted by Crippen LogP contribution is 2.27. The molecule has 0 aliphatic rings. The van der Waals surface area contributed by atoms with E-state index in [1.54, 1.807) is 7.11 Å². The first kappa shape index (κ1) is 9.45. The number of methoxy groups -OCH3 is 1. The number of ether oxygens (including phenoxy) is 1. The Labute approximate surface area is 94.4 Å². The predicted octanol–water partition coefficient (Wildman–Crippen LogP) is 2.35. The summed E-state index contributed by atoms with van der Waals surface area (Å²) in [6.45, 7) is 0. The summed E-state index contributed by atoms with van der Waals surface area (Å²) < 4.78 is 11.3. The lowest BCUT2D eigenvalue weighted by molar-refractivity contribution is 0.414. The van der Waals surface area contributed by atoms with Crippen molar-refractivity contribution in [3.05, 3.63) is 28.2 Å². The van der Waals surface area contributed by atoms with Crippen molar-refractivity contribution >= 4 is 22.6 Å². The molecule has 5 heteroatoms. The van der Waals surface area contributed by atoms with Crippen LogP contribution in [0.5, 0.6) is 5.75 Å². The number of benzene rings is 1. The molecule has 0 atom stereocenters. The SMILES string of the molecule is COc1ccc(I)c(-c2nnco2)c1. The number of halogens is 1. The Morgan fingerprint density at radius 1 is 1.43 bits per heavy atom. The van der Waals surface area contributed by atoms with E-state index in [2.05, 4.69) is 32.8 Å². The number of hydrogen-bond acceptors (Lipinski definition) is 4. The van der Waals surface area contributed by atoms with Crippen molar-refractivity contribution < 1.29 is 9.15 Å². The molecular formula is C9H7IN2O2. The van der Waals surface area contributed by atoms with E-state index in [0.29, 0.717) is 5.89 Å². The van der Waals surface area contributed by atoms with E-state index in [1.165, 1.54) is 6.39 Å². The first-order valence-electron chi connectivity index (χ1n) is 3.91. The number of hydrogen-bond donors (Lipinski definition) is 0. The highest BCUT2D eigenvalue weighted by atomic mass is 127. The van der Waals surface area contributed by atoms with Crippen molar-refractivity contribution in [2.45, 2.75) is 0 Å². The second kappa shape index (κ2) is 3.95. The molecule has 1 aromatic heterocycles. The van der Waals surface area contributed by atoms with E-state index in [-0.39, 0.29) is 0 Å². The zero-order valence-corrected chi connectivity index (χ0v) is 9.56. The van der Waals surface area contributed by atoms with Crippen molar-refractivity contribution in [3.63, 3.8) is 0 Å². The van der Waals surface area contributed by atoms with Crippen LogP contribution in [0.2, 0.25) is 0 Å². The van der Waals surface area contributed by atoms with E-state index in [4.69, 9.17) is 9.15 Å². The summed E-state index contributed by atoms with van der Waals surface area (Å²) in [4.78, 5) is 0. The van der Waals surface area contributed by atoms with Gasteiger partial charge in [-0.3, -0.25) is 0 Å². The molecule has 0 N–H and O–H groups in total. The molecule has 0 fully saturated rings. The molecule has 0 unspecified atom stereocenters. The first-order chi connectivity index (χ1) is 6.81. The van der Waals surface area contributed by atoms with E-state index in [1.807, 2.05) is 18.2 Å². The largest absolute Gasteiger partial charge is 0.497 e. The lowest BCUT2D eigenvalue weighted by Crippen LogP contribution is -1.87. The second-order valence-corrected chi connectivity index (χ2v) is 3.75. The molecule has 1 aromatic carbocycles. The summed E-state index contributed by atoms with van der Waals surface area (Å²) in [6.07, 6.45) is 1.31. The standard InChI is InChI=1S/C9H7IN2O2/c1-13-6-2-3-8(10)7(4-6)9-12-11-5-14-9/h2-5H,1H3. The Balaban J connectivity index is 2.51. The van der Waals surface area contributed by atoms with E-state index < -0.39 is 0 Å². The maximum absolute atomic E-state index is 5.12. The smallest absolute Gasteiger partial charge is 0.248 e. The zero-order chi connectivity index (χ0) is 9.97. The van der Waals surface area contributed by atoms with E-state index in [9.17, 15) is 0 Å². The molecular weight excluding hydrogens is 295 g/mol. The average molecular weight is 302 g/mol. The fourth-order valence-corrected chi connectivity index (χ4v) is 1.65. The Kier molecular flexibility index (Phi) is 2.67. The molecule has 14 heavy (non-hydrogen) atoms. The Hall–Kier alpha value is -1.11. The van der Waals surface area contributed by atoms with Gasteiger partial charge in [-0.15, -0.1) is 10.2 Å². The van der Waals surface area contributed by atoms with Crippen molar-refractivity contribution in [1.82, 2.24) is 10.2 Å². The average Bonchev–Trinajstić information content (AvgIpc) is 2.71. The third kappa shape index (κ3) is 1.72. The van der Waals surface area contributed by atoms with Gasteiger partial charge in [0.15, 0.2) is 0 Å². The van der Waals surface area contributed by atoms with Crippen LogP contribution in [-0.2, 0) is 0 Å². The first-order valence-corrected chi connectivity index (χ1v) is 4.99. The van der Waals surface area contributed by atoms with Gasteiger partial charge >= 0.3 is 0 Å². The van der Waals surface area contributed by atoms with Gasteiger partial charge in [-0.05, 0) is 40.8 Å². The third-order valence-electron chi connectivity index (χ3n) is 1.76. The zero-order valence-electron chi connectivity index (χ0n) is 7.40. The van der Waals surface area contributed by atoms with Gasteiger partial charge in [0.25, 0.3) is 0 Å². The van der Waals surface area contributed by atoms with Crippen LogP contribution in [0, 0.1) is 3.57 Å². The highest BCUT2D eigenvalue weighted by Gasteiger charge is 2.09. The lowest BCUT2D eigenvalue weighted by atomic mass is 10.2. The van der Waals surface area contributed by atoms with Gasteiger partial charge in [0.1, 0.15) is 5.75 Å². The van der Waals surface area contributed by atoms with Crippen LogP contribution < -0.4 is 4.74 Å². The summed E-state index contributed by atoms with van der Waals surface area (Å²) in [7, 11) is 1.62. The molecule has 0 saturated carbocycles. The molecule has 4 nitrogen and oxygen atoms in total. The Morgan fingerprint density at radius 2 is 2.29 bits per heavy atom. The van der Waals surface area contributed by atoms with Crippen molar-refractivity contribution in [3.8, 4) is 17.2 Å². The van der Waals surface area contributed by atoms with Crippen molar-refractivity contribution in [2.75, 3.05) is 7.11 Å². The summed E-state index contributed by atoms with van der Waals surface area (Å²) in [5.41, 5.74) is 0.891. The second-order valence-electron chi connectivity index (χ2n) is 2.59. The molecule has 1 heterocycles. The number of nitrogens with zero attached hydrogens (tertiary/aromatic N) is 2. The molecule has 0 aliphatic carbocycles. The van der Waals surface area contributed by atoms with Gasteiger partial charge in [-0.2, -0.15) is 0 Å². The molecule has 0 amide bonds. The van der Waals surface area contributed by atoms with E-state index in [0.717, 1.165) is 14.9 Å². The van der Waals surface area contributed by atoms with Crippen LogP contribution >= 0.6 is 22.6 Å². The quantitative estimate of drug-likeness (QED) is 0.799. The number of aromatic nitrogens is 2. The van der Waals surface area contributed by atoms with Gasteiger partial charge in [-0.1, -0.05) is 0 Å². The Morgan fingerprint density at radius 3 is 2.93 bits per heavy atom. The van der Waals surface area contributed by atoms with Gasteiger partial charge in [0, 0.05) is 3.57 Å². The topological polar surface area (TPSA) is 48.2 Å². The summed E-state index contributed by atoms with van der Waals surface area (Å²) in [5, 5.41) is 7.48. The monoisotopic (exact) mass is 302 g/mol. The van der Waals surface area contributed by atoms with Crippen LogP contribution in [0.15, 0.2) is 29.0 Å². The lowest BCUT2D eigenvalue weighted by Gasteiger charge is -2.02. The van der Waals surface area contributed by atoms with Gasteiger partial charge in [0.05, 0.1) is 12.7 Å². The van der Waals surface area contributed by atoms with Crippen LogP contribution in [0.1, 0.15) is 0 Å². The fourth-order valence-electron chi connectivity index (χ4n) is 1.09. The Bertz CT molecular complexity index is 428. The van der Waals surface area contributed by atoms with Gasteiger partial charge in [-0.25, -0.2) is 0 Å². The van der Waals surface area contributed by atoms with Crippen LogP contribution in [0.3, 0.4) is 0 Å². The predicted molar refractivity (Wildman–Crippen MR) is 59.0 cm³/mol. The minimum absolute atomic E-state index is 0.508. The molecule has 2 rings (SSSR count). The molecule has 72 valence electrons. The molecule has 0 spiro atoms. The van der Waals surface area contributed by atoms with Crippen LogP contribution in [-0.4, -0.2) is 17.3 Å². The summed E-state index contributed by atoms with van der Waals surface area (Å²) in [5.74, 6) is 1.28. The number of rotatable bonds is 2. The van der Waals surface area contributed by atoms with Crippen LogP contribution in [0.4, 0.5) is 0 Å². The van der Waals surface area contributed by atoms with Crippen LogP contribution in [0.25, 0.3) is 11.5 Å². The fraction of sp³-hybridized carbons (Fsp3) is 0.111. The minimum Gasteiger partial charge on any atom is -0.497 e.